The van der Waals surface area contributed by atoms with Crippen molar-refractivity contribution in [3.05, 3.63) is 36.9 Å². The smallest absolute Gasteiger partial charge is 0.122 e. The number of rotatable bonds is 7. The average Bonchev–Trinajstić information content (AvgIpc) is 2.97. The molecular formula is C13H21N5. The Balaban J connectivity index is 1.80. The summed E-state index contributed by atoms with van der Waals surface area (Å²) in [6, 6.07) is 0.487. The Bertz CT molecular complexity index is 444. The molecule has 0 fully saturated rings. The van der Waals surface area contributed by atoms with Gasteiger partial charge in [0.05, 0.1) is 12.9 Å². The van der Waals surface area contributed by atoms with Crippen LogP contribution in [0.2, 0.25) is 0 Å². The zero-order valence-electron chi connectivity index (χ0n) is 11.1. The fraction of sp³-hybridized carbons (Fsp3) is 0.538. The predicted molar refractivity (Wildman–Crippen MR) is 71.0 cm³/mol. The Hall–Kier alpha value is -1.62. The minimum atomic E-state index is 0.487. The van der Waals surface area contributed by atoms with Crippen LogP contribution in [-0.2, 0) is 19.6 Å². The molecule has 1 N–H and O–H groups in total. The minimum absolute atomic E-state index is 0.487. The van der Waals surface area contributed by atoms with Gasteiger partial charge in [-0.1, -0.05) is 13.8 Å². The Morgan fingerprint density at radius 3 is 2.83 bits per heavy atom. The fourth-order valence-corrected chi connectivity index (χ4v) is 1.85. The zero-order chi connectivity index (χ0) is 12.8. The van der Waals surface area contributed by atoms with Crippen molar-refractivity contribution < 1.29 is 0 Å². The van der Waals surface area contributed by atoms with Crippen LogP contribution in [0, 0.1) is 0 Å². The maximum atomic E-state index is 4.39. The SMILES string of the molecule is CC(C)NCc1nccn1CCCn1ccnc1. The van der Waals surface area contributed by atoms with Crippen molar-refractivity contribution in [2.24, 2.45) is 0 Å². The van der Waals surface area contributed by atoms with Gasteiger partial charge in [-0.2, -0.15) is 0 Å². The van der Waals surface area contributed by atoms with E-state index in [4.69, 9.17) is 0 Å². The Labute approximate surface area is 108 Å². The Kier molecular flexibility index (Phi) is 4.52. The summed E-state index contributed by atoms with van der Waals surface area (Å²) in [4.78, 5) is 8.42. The number of nitrogens with zero attached hydrogens (tertiary/aromatic N) is 4. The first-order valence-electron chi connectivity index (χ1n) is 6.45. The molecular weight excluding hydrogens is 226 g/mol. The van der Waals surface area contributed by atoms with Crippen LogP contribution in [0.25, 0.3) is 0 Å². The molecule has 0 aliphatic heterocycles. The topological polar surface area (TPSA) is 47.7 Å². The molecule has 0 radical (unpaired) electrons. The van der Waals surface area contributed by atoms with Crippen molar-refractivity contribution in [1.29, 1.82) is 0 Å². The van der Waals surface area contributed by atoms with Crippen LogP contribution in [0.15, 0.2) is 31.1 Å². The van der Waals surface area contributed by atoms with Gasteiger partial charge < -0.3 is 14.5 Å². The molecule has 5 heteroatoms. The molecule has 5 nitrogen and oxygen atoms in total. The lowest BCUT2D eigenvalue weighted by atomic mass is 10.3. The van der Waals surface area contributed by atoms with Gasteiger partial charge in [0.2, 0.25) is 0 Å². The van der Waals surface area contributed by atoms with E-state index in [0.29, 0.717) is 6.04 Å². The van der Waals surface area contributed by atoms with Gasteiger partial charge in [0.1, 0.15) is 5.82 Å². The Morgan fingerprint density at radius 2 is 2.11 bits per heavy atom. The first kappa shape index (κ1) is 12.8. The summed E-state index contributed by atoms with van der Waals surface area (Å²) in [7, 11) is 0. The fourth-order valence-electron chi connectivity index (χ4n) is 1.85. The lowest BCUT2D eigenvalue weighted by Gasteiger charge is -2.11. The van der Waals surface area contributed by atoms with E-state index in [1.807, 2.05) is 31.1 Å². The molecule has 18 heavy (non-hydrogen) atoms. The molecule has 0 saturated heterocycles. The van der Waals surface area contributed by atoms with E-state index in [1.165, 1.54) is 0 Å². The third-order valence-electron chi connectivity index (χ3n) is 2.84. The molecule has 2 heterocycles. The number of aryl methyl sites for hydroxylation is 2. The average molecular weight is 247 g/mol. The minimum Gasteiger partial charge on any atom is -0.337 e. The van der Waals surface area contributed by atoms with Crippen molar-refractivity contribution in [2.45, 2.75) is 45.9 Å². The van der Waals surface area contributed by atoms with Crippen LogP contribution in [0.5, 0.6) is 0 Å². The highest BCUT2D eigenvalue weighted by atomic mass is 15.1. The van der Waals surface area contributed by atoms with Crippen LogP contribution in [-0.4, -0.2) is 25.1 Å². The first-order valence-corrected chi connectivity index (χ1v) is 6.45. The van der Waals surface area contributed by atoms with E-state index in [-0.39, 0.29) is 0 Å². The molecule has 2 rings (SSSR count). The van der Waals surface area contributed by atoms with Crippen molar-refractivity contribution in [1.82, 2.24) is 24.4 Å². The highest BCUT2D eigenvalue weighted by Crippen LogP contribution is 2.01. The zero-order valence-corrected chi connectivity index (χ0v) is 11.1. The van der Waals surface area contributed by atoms with Crippen LogP contribution in [0.4, 0.5) is 0 Å². The summed E-state index contributed by atoms with van der Waals surface area (Å²) >= 11 is 0. The van der Waals surface area contributed by atoms with Gasteiger partial charge in [-0.3, -0.25) is 0 Å². The third-order valence-corrected chi connectivity index (χ3v) is 2.84. The molecule has 0 bridgehead atoms. The Morgan fingerprint density at radius 1 is 1.22 bits per heavy atom. The summed E-state index contributed by atoms with van der Waals surface area (Å²) in [5, 5.41) is 3.39. The lowest BCUT2D eigenvalue weighted by Crippen LogP contribution is -2.24. The second kappa shape index (κ2) is 6.35. The molecule has 0 unspecified atom stereocenters. The molecule has 0 aromatic carbocycles. The highest BCUT2D eigenvalue weighted by molar-refractivity contribution is 4.92. The van der Waals surface area contributed by atoms with Gasteiger partial charge in [-0.25, -0.2) is 9.97 Å². The van der Waals surface area contributed by atoms with Gasteiger partial charge in [0.25, 0.3) is 0 Å². The number of imidazole rings is 2. The summed E-state index contributed by atoms with van der Waals surface area (Å²) in [6.07, 6.45) is 10.7. The van der Waals surface area contributed by atoms with E-state index >= 15 is 0 Å². The second-order valence-electron chi connectivity index (χ2n) is 4.73. The van der Waals surface area contributed by atoms with Crippen molar-refractivity contribution in [3.63, 3.8) is 0 Å². The van der Waals surface area contributed by atoms with Crippen molar-refractivity contribution >= 4 is 0 Å². The normalized spacial score (nSPS) is 11.3. The van der Waals surface area contributed by atoms with Crippen LogP contribution in [0.1, 0.15) is 26.1 Å². The van der Waals surface area contributed by atoms with E-state index in [1.54, 1.807) is 0 Å². The molecule has 0 aliphatic carbocycles. The number of hydrogen-bond acceptors (Lipinski definition) is 3. The monoisotopic (exact) mass is 247 g/mol. The van der Waals surface area contributed by atoms with Crippen LogP contribution < -0.4 is 5.32 Å². The summed E-state index contributed by atoms with van der Waals surface area (Å²) in [5.74, 6) is 1.11. The molecule has 2 aromatic rings. The molecule has 0 spiro atoms. The highest BCUT2D eigenvalue weighted by Gasteiger charge is 2.03. The quantitative estimate of drug-likeness (QED) is 0.809. The molecule has 0 saturated carbocycles. The van der Waals surface area contributed by atoms with E-state index in [9.17, 15) is 0 Å². The molecule has 0 amide bonds. The third kappa shape index (κ3) is 3.70. The standard InChI is InChI=1S/C13H21N5/c1-12(2)16-10-13-15-5-9-18(13)7-3-6-17-8-4-14-11-17/h4-5,8-9,11-12,16H,3,6-7,10H2,1-2H3. The van der Waals surface area contributed by atoms with E-state index in [0.717, 1.165) is 31.9 Å². The molecule has 2 aromatic heterocycles. The van der Waals surface area contributed by atoms with Crippen molar-refractivity contribution in [3.8, 4) is 0 Å². The molecule has 0 atom stereocenters. The molecule has 98 valence electrons. The summed E-state index contributed by atoms with van der Waals surface area (Å²) in [5.41, 5.74) is 0. The van der Waals surface area contributed by atoms with Gasteiger partial charge in [-0.05, 0) is 6.42 Å². The predicted octanol–water partition coefficient (Wildman–Crippen LogP) is 1.67. The summed E-state index contributed by atoms with van der Waals surface area (Å²) < 4.78 is 4.31. The van der Waals surface area contributed by atoms with Crippen LogP contribution >= 0.6 is 0 Å². The maximum absolute atomic E-state index is 4.39. The largest absolute Gasteiger partial charge is 0.337 e. The summed E-state index contributed by atoms with van der Waals surface area (Å²) in [6.45, 7) is 7.11. The van der Waals surface area contributed by atoms with Gasteiger partial charge in [0.15, 0.2) is 0 Å². The van der Waals surface area contributed by atoms with Gasteiger partial charge in [0, 0.05) is 43.9 Å². The number of nitrogens with one attached hydrogen (secondary N) is 1. The van der Waals surface area contributed by atoms with Gasteiger partial charge >= 0.3 is 0 Å². The van der Waals surface area contributed by atoms with Crippen molar-refractivity contribution in [2.75, 3.05) is 0 Å². The van der Waals surface area contributed by atoms with E-state index in [2.05, 4.69) is 38.3 Å². The second-order valence-corrected chi connectivity index (χ2v) is 4.73. The van der Waals surface area contributed by atoms with Gasteiger partial charge in [-0.15, -0.1) is 0 Å². The van der Waals surface area contributed by atoms with E-state index < -0.39 is 0 Å². The molecule has 0 aliphatic rings. The number of hydrogen-bond donors (Lipinski definition) is 1. The lowest BCUT2D eigenvalue weighted by molar-refractivity contribution is 0.516. The number of aromatic nitrogens is 4. The van der Waals surface area contributed by atoms with Crippen LogP contribution in [0.3, 0.4) is 0 Å². The first-order chi connectivity index (χ1) is 8.75. The maximum Gasteiger partial charge on any atom is 0.122 e.